The van der Waals surface area contributed by atoms with Crippen molar-refractivity contribution in [3.05, 3.63) is 255 Å². The van der Waals surface area contributed by atoms with Gasteiger partial charge in [-0.2, -0.15) is 0 Å². The molecule has 0 bridgehead atoms. The molecule has 0 radical (unpaired) electrons. The Balaban J connectivity index is 0.911. The summed E-state index contributed by atoms with van der Waals surface area (Å²) in [6.07, 6.45) is 0. The normalized spacial score (nSPS) is 11.6. The van der Waals surface area contributed by atoms with E-state index in [4.69, 9.17) is 0 Å². The Hall–Kier alpha value is -8.50. The maximum atomic E-state index is 2.44. The van der Waals surface area contributed by atoms with E-state index in [-0.39, 0.29) is 0 Å². The van der Waals surface area contributed by atoms with Gasteiger partial charge in [-0.1, -0.05) is 194 Å². The van der Waals surface area contributed by atoms with Gasteiger partial charge in [-0.05, 0) is 111 Å². The van der Waals surface area contributed by atoms with E-state index in [1.807, 2.05) is 11.3 Å². The molecule has 314 valence electrons. The van der Waals surface area contributed by atoms with Crippen LogP contribution in [-0.2, 0) is 0 Å². The Bertz CT molecular complexity index is 3940. The third kappa shape index (κ3) is 6.71. The summed E-state index contributed by atoms with van der Waals surface area (Å²) < 4.78 is 5.09. The maximum absolute atomic E-state index is 2.44. The molecule has 0 saturated carbocycles. The summed E-state index contributed by atoms with van der Waals surface area (Å²) in [5, 5.41) is 7.63. The molecule has 2 nitrogen and oxygen atoms in total. The summed E-state index contributed by atoms with van der Waals surface area (Å²) in [5.41, 5.74) is 16.5. The van der Waals surface area contributed by atoms with Gasteiger partial charge in [-0.15, -0.1) is 11.3 Å². The largest absolute Gasteiger partial charge is 0.311 e. The predicted molar refractivity (Wildman–Crippen MR) is 288 cm³/mol. The van der Waals surface area contributed by atoms with Crippen molar-refractivity contribution in [1.29, 1.82) is 0 Å². The van der Waals surface area contributed by atoms with Gasteiger partial charge in [0.1, 0.15) is 0 Å². The number of nitrogens with zero attached hydrogens (tertiary/aromatic N) is 2. The second-order valence-corrected chi connectivity index (χ2v) is 18.3. The highest BCUT2D eigenvalue weighted by Crippen LogP contribution is 2.44. The van der Waals surface area contributed by atoms with Crippen LogP contribution in [0.4, 0.5) is 17.1 Å². The molecule has 0 spiro atoms. The standard InChI is InChI=1S/C64H42N2S/c1-3-14-44(15-4-1)53-19-9-10-20-54(53)46-28-36-51(37-29-46)65(52-38-30-47(31-39-52)56-23-13-24-60-58-22-11-12-25-62(58)67-64(56)60)50-34-26-43(27-35-50)48-33-40-57-59-41-32-45-16-7-8-21-55(45)63(59)66(61(57)42-48)49-17-5-2-6-18-49/h1-42H. The maximum Gasteiger partial charge on any atom is 0.0619 e. The highest BCUT2D eigenvalue weighted by atomic mass is 32.1. The van der Waals surface area contributed by atoms with Gasteiger partial charge in [0, 0.05) is 59.1 Å². The Morgan fingerprint density at radius 2 is 0.821 bits per heavy atom. The third-order valence-corrected chi connectivity index (χ3v) is 14.6. The van der Waals surface area contributed by atoms with Crippen molar-refractivity contribution in [2.45, 2.75) is 0 Å². The first-order valence-corrected chi connectivity index (χ1v) is 23.7. The van der Waals surface area contributed by atoms with Gasteiger partial charge in [0.05, 0.1) is 11.0 Å². The average Bonchev–Trinajstić information content (AvgIpc) is 3.96. The van der Waals surface area contributed by atoms with Gasteiger partial charge in [0.2, 0.25) is 0 Å². The fourth-order valence-electron chi connectivity index (χ4n) is 10.2. The molecule has 0 saturated heterocycles. The molecule has 3 heteroatoms. The van der Waals surface area contributed by atoms with Crippen LogP contribution in [0, 0.1) is 0 Å². The quantitative estimate of drug-likeness (QED) is 0.148. The zero-order chi connectivity index (χ0) is 44.3. The predicted octanol–water partition coefficient (Wildman–Crippen LogP) is 18.4. The first kappa shape index (κ1) is 38.9. The van der Waals surface area contributed by atoms with Crippen molar-refractivity contribution < 1.29 is 0 Å². The van der Waals surface area contributed by atoms with Crippen LogP contribution in [0.15, 0.2) is 255 Å². The monoisotopic (exact) mass is 870 g/mol. The molecule has 11 aromatic carbocycles. The minimum Gasteiger partial charge on any atom is -0.311 e. The summed E-state index contributed by atoms with van der Waals surface area (Å²) in [7, 11) is 0. The van der Waals surface area contributed by atoms with Crippen molar-refractivity contribution in [3.63, 3.8) is 0 Å². The average molecular weight is 871 g/mol. The summed E-state index contributed by atoms with van der Waals surface area (Å²) in [6, 6.07) is 93.0. The Labute approximate surface area is 393 Å². The van der Waals surface area contributed by atoms with Crippen molar-refractivity contribution in [3.8, 4) is 50.2 Å². The van der Waals surface area contributed by atoms with Crippen LogP contribution in [0.2, 0.25) is 0 Å². The van der Waals surface area contributed by atoms with Gasteiger partial charge in [-0.3, -0.25) is 0 Å². The number of benzene rings is 11. The van der Waals surface area contributed by atoms with Crippen molar-refractivity contribution >= 4 is 81.1 Å². The molecule has 0 aliphatic rings. The number of para-hydroxylation sites is 1. The van der Waals surface area contributed by atoms with E-state index >= 15 is 0 Å². The van der Waals surface area contributed by atoms with E-state index in [9.17, 15) is 0 Å². The summed E-state index contributed by atoms with van der Waals surface area (Å²) in [6.45, 7) is 0. The first-order valence-electron chi connectivity index (χ1n) is 22.9. The zero-order valence-electron chi connectivity index (χ0n) is 36.6. The lowest BCUT2D eigenvalue weighted by Crippen LogP contribution is -2.09. The minimum atomic E-state index is 1.09. The molecule has 0 amide bonds. The molecule has 0 fully saturated rings. The van der Waals surface area contributed by atoms with Gasteiger partial charge >= 0.3 is 0 Å². The second kappa shape index (κ2) is 16.2. The summed E-state index contributed by atoms with van der Waals surface area (Å²) in [4.78, 5) is 2.38. The Morgan fingerprint density at radius 3 is 1.52 bits per heavy atom. The zero-order valence-corrected chi connectivity index (χ0v) is 37.4. The lowest BCUT2D eigenvalue weighted by molar-refractivity contribution is 1.19. The van der Waals surface area contributed by atoms with Gasteiger partial charge < -0.3 is 9.47 Å². The third-order valence-electron chi connectivity index (χ3n) is 13.4. The molecule has 0 atom stereocenters. The van der Waals surface area contributed by atoms with Crippen LogP contribution in [0.3, 0.4) is 0 Å². The number of aromatic nitrogens is 1. The van der Waals surface area contributed by atoms with Gasteiger partial charge in [0.15, 0.2) is 0 Å². The van der Waals surface area contributed by atoms with E-state index in [1.165, 1.54) is 97.3 Å². The molecule has 0 N–H and O–H groups in total. The molecular weight excluding hydrogens is 829 g/mol. The van der Waals surface area contributed by atoms with Gasteiger partial charge in [0.25, 0.3) is 0 Å². The molecule has 2 aromatic heterocycles. The fourth-order valence-corrected chi connectivity index (χ4v) is 11.5. The van der Waals surface area contributed by atoms with Crippen LogP contribution in [0.1, 0.15) is 0 Å². The Kier molecular flexibility index (Phi) is 9.40. The lowest BCUT2D eigenvalue weighted by atomic mass is 9.94. The summed E-state index contributed by atoms with van der Waals surface area (Å²) >= 11 is 1.88. The minimum absolute atomic E-state index is 1.09. The number of hydrogen-bond donors (Lipinski definition) is 0. The second-order valence-electron chi connectivity index (χ2n) is 17.3. The summed E-state index contributed by atoms with van der Waals surface area (Å²) in [5.74, 6) is 0. The van der Waals surface area contributed by atoms with E-state index in [2.05, 4.69) is 264 Å². The van der Waals surface area contributed by atoms with E-state index in [1.54, 1.807) is 0 Å². The number of thiophene rings is 1. The fraction of sp³-hybridized carbons (Fsp3) is 0. The van der Waals surface area contributed by atoms with Crippen LogP contribution < -0.4 is 4.90 Å². The number of rotatable bonds is 8. The highest BCUT2D eigenvalue weighted by molar-refractivity contribution is 7.26. The van der Waals surface area contributed by atoms with Crippen LogP contribution in [-0.4, -0.2) is 4.57 Å². The molecule has 13 aromatic rings. The molecule has 0 unspecified atom stereocenters. The Morgan fingerprint density at radius 1 is 0.313 bits per heavy atom. The number of anilines is 3. The number of fused-ring (bicyclic) bond motifs is 8. The van der Waals surface area contributed by atoms with Crippen molar-refractivity contribution in [1.82, 2.24) is 4.57 Å². The van der Waals surface area contributed by atoms with Crippen molar-refractivity contribution in [2.75, 3.05) is 4.90 Å². The lowest BCUT2D eigenvalue weighted by Gasteiger charge is -2.26. The van der Waals surface area contributed by atoms with Gasteiger partial charge in [-0.25, -0.2) is 0 Å². The van der Waals surface area contributed by atoms with E-state index in [0.29, 0.717) is 0 Å². The van der Waals surface area contributed by atoms with Crippen LogP contribution in [0.25, 0.3) is 103 Å². The first-order chi connectivity index (χ1) is 33.2. The van der Waals surface area contributed by atoms with Crippen LogP contribution >= 0.6 is 11.3 Å². The van der Waals surface area contributed by atoms with Crippen LogP contribution in [0.5, 0.6) is 0 Å². The molecule has 0 aliphatic carbocycles. The molecular formula is C64H42N2S. The highest BCUT2D eigenvalue weighted by Gasteiger charge is 2.19. The number of hydrogen-bond acceptors (Lipinski definition) is 2. The molecule has 13 rings (SSSR count). The topological polar surface area (TPSA) is 8.17 Å². The smallest absolute Gasteiger partial charge is 0.0619 e. The molecule has 67 heavy (non-hydrogen) atoms. The molecule has 2 heterocycles. The van der Waals surface area contributed by atoms with E-state index in [0.717, 1.165) is 22.7 Å². The molecule has 0 aliphatic heterocycles. The van der Waals surface area contributed by atoms with E-state index < -0.39 is 0 Å². The SMILES string of the molecule is c1ccc(-c2ccccc2-c2ccc(N(c3ccc(-c4ccc5c6ccc7ccccc7c6n(-c6ccccc6)c5c4)cc3)c3ccc(-c4cccc5c4sc4ccccc45)cc3)cc2)cc1. The van der Waals surface area contributed by atoms with Crippen molar-refractivity contribution in [2.24, 2.45) is 0 Å².